The summed E-state index contributed by atoms with van der Waals surface area (Å²) in [5, 5.41) is 18.2. The average molecular weight is 334 g/mol. The van der Waals surface area contributed by atoms with E-state index in [2.05, 4.69) is 25.9 Å². The Labute approximate surface area is 142 Å². The number of carbonyl (C=O) groups is 1. The minimum Gasteiger partial charge on any atom is -0.322 e. The van der Waals surface area contributed by atoms with Gasteiger partial charge in [0.05, 0.1) is 11.9 Å². The van der Waals surface area contributed by atoms with Crippen molar-refractivity contribution in [3.63, 3.8) is 0 Å². The molecule has 0 fully saturated rings. The number of tetrazole rings is 1. The summed E-state index contributed by atoms with van der Waals surface area (Å²) in [5.41, 5.74) is 1.87. The fraction of sp³-hybridized carbons (Fsp3) is 0.0625. The van der Waals surface area contributed by atoms with Crippen LogP contribution in [0.25, 0.3) is 11.5 Å². The topological polar surface area (TPSA) is 95.5 Å². The summed E-state index contributed by atoms with van der Waals surface area (Å²) in [6, 6.07) is 11.1. The minimum atomic E-state index is -0.245. The number of carbonyl (C=O) groups excluding carboxylic acids is 1. The Morgan fingerprint density at radius 3 is 2.76 bits per heavy atom. The molecule has 9 heteroatoms. The Balaban J connectivity index is 1.63. The number of hydrogen-bond donors (Lipinski definition) is 1. The second kappa shape index (κ2) is 6.04. The fourth-order valence-electron chi connectivity index (χ4n) is 2.58. The number of benzene rings is 1. The number of nitrogens with one attached hydrogen (secondary N) is 1. The number of nitrogens with zero attached hydrogens (tertiary/aromatic N) is 7. The molecule has 0 aliphatic rings. The van der Waals surface area contributed by atoms with Gasteiger partial charge in [-0.3, -0.25) is 9.48 Å². The molecular weight excluding hydrogens is 320 g/mol. The molecule has 4 aromatic rings. The SMILES string of the molecule is Cn1ncc(C(=O)Nc2cccc(-n3cnnn3)c2)c1-n1cccc1. The van der Waals surface area contributed by atoms with Crippen molar-refractivity contribution in [1.29, 1.82) is 0 Å². The Kier molecular flexibility index (Phi) is 3.58. The van der Waals surface area contributed by atoms with Crippen molar-refractivity contribution in [3.8, 4) is 11.5 Å². The number of aryl methyl sites for hydroxylation is 1. The number of rotatable bonds is 4. The van der Waals surface area contributed by atoms with Gasteiger partial charge in [0.25, 0.3) is 5.91 Å². The second-order valence-electron chi connectivity index (χ2n) is 5.35. The lowest BCUT2D eigenvalue weighted by atomic mass is 10.2. The van der Waals surface area contributed by atoms with Crippen LogP contribution < -0.4 is 5.32 Å². The third kappa shape index (κ3) is 2.78. The van der Waals surface area contributed by atoms with Crippen molar-refractivity contribution in [3.05, 3.63) is 66.9 Å². The summed E-state index contributed by atoms with van der Waals surface area (Å²) in [6.07, 6.45) is 6.78. The number of anilines is 1. The molecule has 3 aromatic heterocycles. The van der Waals surface area contributed by atoms with Crippen molar-refractivity contribution < 1.29 is 4.79 Å². The first-order valence-electron chi connectivity index (χ1n) is 7.52. The van der Waals surface area contributed by atoms with Gasteiger partial charge in [0, 0.05) is 25.1 Å². The molecule has 0 aliphatic carbocycles. The van der Waals surface area contributed by atoms with Gasteiger partial charge in [0.1, 0.15) is 17.7 Å². The van der Waals surface area contributed by atoms with Crippen molar-refractivity contribution in [2.45, 2.75) is 0 Å². The monoisotopic (exact) mass is 334 g/mol. The van der Waals surface area contributed by atoms with Crippen LogP contribution in [-0.2, 0) is 7.05 Å². The van der Waals surface area contributed by atoms with E-state index in [0.717, 1.165) is 5.69 Å². The van der Waals surface area contributed by atoms with Crippen LogP contribution in [0.15, 0.2) is 61.3 Å². The second-order valence-corrected chi connectivity index (χ2v) is 5.35. The van der Waals surface area contributed by atoms with Gasteiger partial charge in [-0.15, -0.1) is 5.10 Å². The molecule has 0 radical (unpaired) electrons. The summed E-state index contributed by atoms with van der Waals surface area (Å²) in [5.74, 6) is 0.449. The van der Waals surface area contributed by atoms with Gasteiger partial charge in [-0.1, -0.05) is 6.07 Å². The van der Waals surface area contributed by atoms with E-state index in [9.17, 15) is 4.79 Å². The van der Waals surface area contributed by atoms with Gasteiger partial charge < -0.3 is 9.88 Å². The van der Waals surface area contributed by atoms with Crippen LogP contribution in [0.1, 0.15) is 10.4 Å². The highest BCUT2D eigenvalue weighted by molar-refractivity contribution is 6.06. The van der Waals surface area contributed by atoms with Crippen molar-refractivity contribution in [2.75, 3.05) is 5.32 Å². The first-order chi connectivity index (χ1) is 12.2. The largest absolute Gasteiger partial charge is 0.322 e. The van der Waals surface area contributed by atoms with E-state index < -0.39 is 0 Å². The van der Waals surface area contributed by atoms with Gasteiger partial charge >= 0.3 is 0 Å². The smallest absolute Gasteiger partial charge is 0.261 e. The first-order valence-corrected chi connectivity index (χ1v) is 7.52. The molecule has 4 rings (SSSR count). The Morgan fingerprint density at radius 1 is 1.16 bits per heavy atom. The summed E-state index contributed by atoms with van der Waals surface area (Å²) in [6.45, 7) is 0. The van der Waals surface area contributed by atoms with E-state index >= 15 is 0 Å². The molecule has 124 valence electrons. The first kappa shape index (κ1) is 14.8. The van der Waals surface area contributed by atoms with Crippen molar-refractivity contribution in [1.82, 2.24) is 34.6 Å². The maximum absolute atomic E-state index is 12.7. The minimum absolute atomic E-state index is 0.245. The zero-order valence-electron chi connectivity index (χ0n) is 13.3. The van der Waals surface area contributed by atoms with E-state index in [1.165, 1.54) is 11.0 Å². The quantitative estimate of drug-likeness (QED) is 0.609. The van der Waals surface area contributed by atoms with Crippen LogP contribution >= 0.6 is 0 Å². The normalized spacial score (nSPS) is 10.8. The summed E-state index contributed by atoms with van der Waals surface area (Å²) >= 11 is 0. The van der Waals surface area contributed by atoms with E-state index in [-0.39, 0.29) is 5.91 Å². The van der Waals surface area contributed by atoms with Crippen molar-refractivity contribution in [2.24, 2.45) is 7.05 Å². The summed E-state index contributed by atoms with van der Waals surface area (Å²) in [7, 11) is 1.80. The molecule has 0 spiro atoms. The highest BCUT2D eigenvalue weighted by atomic mass is 16.1. The molecule has 9 nitrogen and oxygen atoms in total. The fourth-order valence-corrected chi connectivity index (χ4v) is 2.58. The Bertz CT molecular complexity index is 1000. The highest BCUT2D eigenvalue weighted by Gasteiger charge is 2.17. The van der Waals surface area contributed by atoms with Crippen LogP contribution in [0.3, 0.4) is 0 Å². The Morgan fingerprint density at radius 2 is 2.00 bits per heavy atom. The van der Waals surface area contributed by atoms with E-state index in [0.29, 0.717) is 17.1 Å². The average Bonchev–Trinajstić information content (AvgIpc) is 3.36. The van der Waals surface area contributed by atoms with E-state index in [1.807, 2.05) is 41.2 Å². The molecule has 0 saturated heterocycles. The van der Waals surface area contributed by atoms with Crippen LogP contribution in [0.5, 0.6) is 0 Å². The Hall–Kier alpha value is -3.75. The van der Waals surface area contributed by atoms with Crippen molar-refractivity contribution >= 4 is 11.6 Å². The maximum atomic E-state index is 12.7. The zero-order valence-corrected chi connectivity index (χ0v) is 13.3. The van der Waals surface area contributed by atoms with Gasteiger partial charge in [-0.05, 0) is 40.8 Å². The van der Waals surface area contributed by atoms with E-state index in [4.69, 9.17) is 0 Å². The molecule has 1 N–H and O–H groups in total. The zero-order chi connectivity index (χ0) is 17.2. The molecular formula is C16H14N8O. The molecule has 1 amide bonds. The third-order valence-corrected chi connectivity index (χ3v) is 3.72. The summed E-state index contributed by atoms with van der Waals surface area (Å²) in [4.78, 5) is 12.7. The van der Waals surface area contributed by atoms with Gasteiger partial charge in [-0.25, -0.2) is 4.68 Å². The van der Waals surface area contributed by atoms with Crippen LogP contribution in [-0.4, -0.2) is 40.5 Å². The molecule has 0 bridgehead atoms. The highest BCUT2D eigenvalue weighted by Crippen LogP contribution is 2.18. The van der Waals surface area contributed by atoms with Crippen LogP contribution in [0.4, 0.5) is 5.69 Å². The molecule has 0 saturated carbocycles. The summed E-state index contributed by atoms with van der Waals surface area (Å²) < 4.78 is 5.02. The maximum Gasteiger partial charge on any atom is 0.261 e. The third-order valence-electron chi connectivity index (χ3n) is 3.72. The number of amides is 1. The van der Waals surface area contributed by atoms with Gasteiger partial charge in [0.2, 0.25) is 0 Å². The lowest BCUT2D eigenvalue weighted by Gasteiger charge is -2.09. The van der Waals surface area contributed by atoms with Crippen LogP contribution in [0, 0.1) is 0 Å². The lowest BCUT2D eigenvalue weighted by Crippen LogP contribution is -2.15. The molecule has 1 aromatic carbocycles. The predicted octanol–water partition coefficient (Wildman–Crippen LogP) is 1.44. The molecule has 0 aliphatic heterocycles. The molecule has 0 unspecified atom stereocenters. The molecule has 0 atom stereocenters. The molecule has 25 heavy (non-hydrogen) atoms. The van der Waals surface area contributed by atoms with Gasteiger partial charge in [0.15, 0.2) is 0 Å². The molecule has 3 heterocycles. The number of hydrogen-bond acceptors (Lipinski definition) is 5. The standard InChI is InChI=1S/C16H14N8O/c1-22-16(23-7-2-3-8-23)14(10-18-22)15(25)19-12-5-4-6-13(9-12)24-11-17-20-21-24/h2-11H,1H3,(H,19,25). The van der Waals surface area contributed by atoms with Crippen LogP contribution in [0.2, 0.25) is 0 Å². The number of aromatic nitrogens is 7. The van der Waals surface area contributed by atoms with Gasteiger partial charge in [-0.2, -0.15) is 5.10 Å². The lowest BCUT2D eigenvalue weighted by molar-refractivity contribution is 0.102. The predicted molar refractivity (Wildman–Crippen MR) is 89.6 cm³/mol. The van der Waals surface area contributed by atoms with E-state index in [1.54, 1.807) is 30.1 Å².